The summed E-state index contributed by atoms with van der Waals surface area (Å²) in [6.45, 7) is 0.572. The number of rotatable bonds is 7. The van der Waals surface area contributed by atoms with Gasteiger partial charge >= 0.3 is 12.1 Å². The summed E-state index contributed by atoms with van der Waals surface area (Å²) < 4.78 is 42.0. The number of carbonyl (C=O) groups excluding carboxylic acids is 1. The zero-order valence-corrected chi connectivity index (χ0v) is 11.3. The number of hydrogen-bond donors (Lipinski definition) is 1. The normalized spacial score (nSPS) is 11.2. The maximum absolute atomic E-state index is 12.5. The van der Waals surface area contributed by atoms with E-state index in [2.05, 4.69) is 10.1 Å². The highest BCUT2D eigenvalue weighted by atomic mass is 19.4. The van der Waals surface area contributed by atoms with Gasteiger partial charge in [-0.15, -0.1) is 0 Å². The third kappa shape index (κ3) is 5.95. The van der Waals surface area contributed by atoms with Gasteiger partial charge in [0.2, 0.25) is 0 Å². The fraction of sp³-hybridized carbons (Fsp3) is 0.500. The van der Waals surface area contributed by atoms with Gasteiger partial charge in [-0.05, 0) is 31.0 Å². The van der Waals surface area contributed by atoms with Crippen LogP contribution >= 0.6 is 0 Å². The van der Waals surface area contributed by atoms with Crippen LogP contribution < -0.4 is 5.32 Å². The predicted octanol–water partition coefficient (Wildman–Crippen LogP) is 3.85. The number of hydrogen-bond acceptors (Lipinski definition) is 3. The Morgan fingerprint density at radius 2 is 2.00 bits per heavy atom. The van der Waals surface area contributed by atoms with E-state index < -0.39 is 11.7 Å². The molecule has 6 heteroatoms. The highest BCUT2D eigenvalue weighted by Gasteiger charge is 2.30. The zero-order chi connectivity index (χ0) is 15.0. The summed E-state index contributed by atoms with van der Waals surface area (Å²) in [7, 11) is 1.34. The number of unbranched alkanes of at least 4 members (excludes halogenated alkanes) is 2. The molecule has 0 aromatic heterocycles. The summed E-state index contributed by atoms with van der Waals surface area (Å²) in [5.41, 5.74) is -0.207. The third-order valence-corrected chi connectivity index (χ3v) is 2.80. The van der Waals surface area contributed by atoms with Crippen LogP contribution in [0.15, 0.2) is 24.3 Å². The fourth-order valence-corrected chi connectivity index (χ4v) is 1.71. The van der Waals surface area contributed by atoms with Crippen LogP contribution in [-0.4, -0.2) is 19.6 Å². The highest BCUT2D eigenvalue weighted by Crippen LogP contribution is 2.30. The van der Waals surface area contributed by atoms with Crippen LogP contribution in [0.2, 0.25) is 0 Å². The van der Waals surface area contributed by atoms with Crippen LogP contribution in [0, 0.1) is 0 Å². The number of methoxy groups -OCH3 is 1. The van der Waals surface area contributed by atoms with Crippen molar-refractivity contribution in [1.82, 2.24) is 0 Å². The molecule has 0 bridgehead atoms. The minimum Gasteiger partial charge on any atom is -0.469 e. The molecule has 0 unspecified atom stereocenters. The highest BCUT2D eigenvalue weighted by molar-refractivity contribution is 5.68. The second kappa shape index (κ2) is 7.77. The predicted molar refractivity (Wildman–Crippen MR) is 70.4 cm³/mol. The van der Waals surface area contributed by atoms with Crippen molar-refractivity contribution in [2.75, 3.05) is 19.0 Å². The first-order valence-corrected chi connectivity index (χ1v) is 6.41. The number of alkyl halides is 3. The molecule has 1 rings (SSSR count). The topological polar surface area (TPSA) is 38.3 Å². The van der Waals surface area contributed by atoms with Crippen LogP contribution in [-0.2, 0) is 15.7 Å². The van der Waals surface area contributed by atoms with Crippen molar-refractivity contribution in [3.05, 3.63) is 29.8 Å². The van der Waals surface area contributed by atoms with Gasteiger partial charge in [-0.2, -0.15) is 13.2 Å². The van der Waals surface area contributed by atoms with E-state index in [0.29, 0.717) is 18.7 Å². The van der Waals surface area contributed by atoms with Gasteiger partial charge in [-0.25, -0.2) is 0 Å². The Balaban J connectivity index is 2.27. The number of halogens is 3. The van der Waals surface area contributed by atoms with E-state index in [1.165, 1.54) is 13.2 Å². The molecule has 112 valence electrons. The summed E-state index contributed by atoms with van der Waals surface area (Å²) in [5, 5.41) is 2.94. The second-order valence-corrected chi connectivity index (χ2v) is 4.39. The summed E-state index contributed by atoms with van der Waals surface area (Å²) >= 11 is 0. The Hall–Kier alpha value is -1.72. The van der Waals surface area contributed by atoms with E-state index in [1.54, 1.807) is 6.07 Å². The summed E-state index contributed by atoms with van der Waals surface area (Å²) in [5.74, 6) is -0.240. The van der Waals surface area contributed by atoms with Crippen molar-refractivity contribution >= 4 is 11.7 Å². The van der Waals surface area contributed by atoms with Crippen molar-refractivity contribution in [2.24, 2.45) is 0 Å². The minimum atomic E-state index is -4.32. The number of nitrogens with one attached hydrogen (secondary N) is 1. The Bertz CT molecular complexity index is 433. The quantitative estimate of drug-likeness (QED) is 0.612. The van der Waals surface area contributed by atoms with E-state index in [0.717, 1.165) is 31.4 Å². The lowest BCUT2D eigenvalue weighted by molar-refractivity contribution is -0.140. The fourth-order valence-electron chi connectivity index (χ4n) is 1.71. The van der Waals surface area contributed by atoms with Crippen LogP contribution in [0.1, 0.15) is 31.2 Å². The first-order valence-electron chi connectivity index (χ1n) is 6.41. The lowest BCUT2D eigenvalue weighted by Crippen LogP contribution is -2.07. The molecule has 0 saturated carbocycles. The number of ether oxygens (including phenoxy) is 1. The van der Waals surface area contributed by atoms with Gasteiger partial charge in [0.15, 0.2) is 0 Å². The van der Waals surface area contributed by atoms with Gasteiger partial charge in [-0.1, -0.05) is 12.5 Å². The molecule has 1 aromatic carbocycles. The van der Waals surface area contributed by atoms with Crippen molar-refractivity contribution in [1.29, 1.82) is 0 Å². The van der Waals surface area contributed by atoms with Crippen LogP contribution in [0.3, 0.4) is 0 Å². The molecule has 1 N–H and O–H groups in total. The van der Waals surface area contributed by atoms with Gasteiger partial charge in [0.25, 0.3) is 0 Å². The molecule has 0 heterocycles. The average molecular weight is 289 g/mol. The maximum atomic E-state index is 12.5. The van der Waals surface area contributed by atoms with E-state index in [-0.39, 0.29) is 5.97 Å². The van der Waals surface area contributed by atoms with Crippen molar-refractivity contribution in [3.63, 3.8) is 0 Å². The van der Waals surface area contributed by atoms with E-state index >= 15 is 0 Å². The minimum absolute atomic E-state index is 0.240. The van der Waals surface area contributed by atoms with Crippen LogP contribution in [0.5, 0.6) is 0 Å². The third-order valence-electron chi connectivity index (χ3n) is 2.80. The van der Waals surface area contributed by atoms with Gasteiger partial charge in [0, 0.05) is 18.7 Å². The van der Waals surface area contributed by atoms with Gasteiger partial charge in [0.1, 0.15) is 0 Å². The molecule has 0 amide bonds. The first-order chi connectivity index (χ1) is 9.43. The Morgan fingerprint density at radius 1 is 1.25 bits per heavy atom. The Morgan fingerprint density at radius 3 is 2.65 bits per heavy atom. The zero-order valence-electron chi connectivity index (χ0n) is 11.3. The van der Waals surface area contributed by atoms with Crippen molar-refractivity contribution in [3.8, 4) is 0 Å². The lowest BCUT2D eigenvalue weighted by atomic mass is 10.1. The molecular formula is C14H18F3NO2. The molecule has 0 fully saturated rings. The summed E-state index contributed by atoms with van der Waals surface area (Å²) in [4.78, 5) is 10.9. The lowest BCUT2D eigenvalue weighted by Gasteiger charge is -2.10. The standard InChI is InChI=1S/C14H18F3NO2/c1-20-13(19)8-3-2-4-9-18-12-7-5-6-11(10-12)14(15,16)17/h5-7,10,18H,2-4,8-9H2,1H3. The number of esters is 1. The molecule has 0 saturated heterocycles. The van der Waals surface area contributed by atoms with E-state index in [9.17, 15) is 18.0 Å². The second-order valence-electron chi connectivity index (χ2n) is 4.39. The Labute approximate surface area is 116 Å². The molecule has 20 heavy (non-hydrogen) atoms. The largest absolute Gasteiger partial charge is 0.469 e. The smallest absolute Gasteiger partial charge is 0.416 e. The molecular weight excluding hydrogens is 271 g/mol. The molecule has 0 aliphatic rings. The van der Waals surface area contributed by atoms with Crippen molar-refractivity contribution < 1.29 is 22.7 Å². The van der Waals surface area contributed by atoms with Gasteiger partial charge < -0.3 is 10.1 Å². The number of benzene rings is 1. The molecule has 0 aliphatic carbocycles. The maximum Gasteiger partial charge on any atom is 0.416 e. The summed E-state index contributed by atoms with van der Waals surface area (Å²) in [6, 6.07) is 5.11. The van der Waals surface area contributed by atoms with Crippen molar-refractivity contribution in [2.45, 2.75) is 31.9 Å². The van der Waals surface area contributed by atoms with Gasteiger partial charge in [-0.3, -0.25) is 4.79 Å². The molecule has 0 spiro atoms. The molecule has 3 nitrogen and oxygen atoms in total. The SMILES string of the molecule is COC(=O)CCCCCNc1cccc(C(F)(F)F)c1. The molecule has 0 radical (unpaired) electrons. The molecule has 1 aromatic rings. The van der Waals surface area contributed by atoms with E-state index in [4.69, 9.17) is 0 Å². The van der Waals surface area contributed by atoms with Crippen LogP contribution in [0.25, 0.3) is 0 Å². The summed E-state index contributed by atoms with van der Waals surface area (Å²) in [6.07, 6.45) is -1.62. The number of anilines is 1. The average Bonchev–Trinajstić information content (AvgIpc) is 2.41. The monoisotopic (exact) mass is 289 g/mol. The molecule has 0 atom stereocenters. The number of carbonyl (C=O) groups is 1. The van der Waals surface area contributed by atoms with E-state index in [1.807, 2.05) is 0 Å². The first kappa shape index (κ1) is 16.3. The van der Waals surface area contributed by atoms with Gasteiger partial charge in [0.05, 0.1) is 12.7 Å². The Kier molecular flexibility index (Phi) is 6.35. The molecule has 0 aliphatic heterocycles. The van der Waals surface area contributed by atoms with Crippen LogP contribution in [0.4, 0.5) is 18.9 Å².